The van der Waals surface area contributed by atoms with Crippen LogP contribution in [-0.2, 0) is 20.4 Å². The van der Waals surface area contributed by atoms with E-state index in [-0.39, 0.29) is 13.2 Å². The first kappa shape index (κ1) is 15.8. The van der Waals surface area contributed by atoms with Crippen molar-refractivity contribution in [2.75, 3.05) is 13.6 Å². The van der Waals surface area contributed by atoms with Gasteiger partial charge in [0.1, 0.15) is 6.61 Å². The minimum absolute atomic E-state index is 0.0144. The van der Waals surface area contributed by atoms with E-state index in [1.807, 2.05) is 30.3 Å². The zero-order chi connectivity index (χ0) is 14.5. The maximum absolute atomic E-state index is 11.6. The van der Waals surface area contributed by atoms with Crippen LogP contribution in [0.2, 0.25) is 0 Å². The first-order chi connectivity index (χ1) is 8.80. The molecule has 19 heavy (non-hydrogen) atoms. The molecule has 0 radical (unpaired) electrons. The lowest BCUT2D eigenvalue weighted by atomic mass is 10.2. The summed E-state index contributed by atoms with van der Waals surface area (Å²) in [6.45, 7) is 1.56. The molecule has 1 rings (SSSR count). The monoisotopic (exact) mass is 305 g/mol. The van der Waals surface area contributed by atoms with E-state index in [0.29, 0.717) is 0 Å². The molecule has 0 fully saturated rings. The number of ether oxygens (including phenoxy) is 1. The predicted molar refractivity (Wildman–Crippen MR) is 73.5 cm³/mol. The molecule has 0 aliphatic heterocycles. The molecule has 0 aliphatic carbocycles. The van der Waals surface area contributed by atoms with Gasteiger partial charge in [-0.05, 0) is 12.5 Å². The van der Waals surface area contributed by atoms with Crippen LogP contribution in [0.25, 0.3) is 0 Å². The molecule has 1 aromatic rings. The van der Waals surface area contributed by atoms with Gasteiger partial charge in [-0.3, -0.25) is 0 Å². The molecule has 0 saturated carbocycles. The normalized spacial score (nSPS) is 12.8. The van der Waals surface area contributed by atoms with Gasteiger partial charge in [0.2, 0.25) is 9.05 Å². The molecule has 0 spiro atoms. The van der Waals surface area contributed by atoms with Crippen molar-refractivity contribution in [1.29, 1.82) is 0 Å². The van der Waals surface area contributed by atoms with Gasteiger partial charge in [-0.25, -0.2) is 13.2 Å². The van der Waals surface area contributed by atoms with Crippen molar-refractivity contribution < 1.29 is 17.9 Å². The summed E-state index contributed by atoms with van der Waals surface area (Å²) >= 11 is 0. The van der Waals surface area contributed by atoms with Crippen molar-refractivity contribution in [2.45, 2.75) is 18.8 Å². The van der Waals surface area contributed by atoms with Gasteiger partial charge in [0.15, 0.2) is 0 Å². The summed E-state index contributed by atoms with van der Waals surface area (Å²) in [5.41, 5.74) is 0.863. The number of hydrogen-bond donors (Lipinski definition) is 0. The predicted octanol–water partition coefficient (Wildman–Crippen LogP) is 2.21. The van der Waals surface area contributed by atoms with Crippen LogP contribution in [0.5, 0.6) is 0 Å². The summed E-state index contributed by atoms with van der Waals surface area (Å²) in [4.78, 5) is 12.8. The van der Waals surface area contributed by atoms with Crippen LogP contribution in [0.1, 0.15) is 12.5 Å². The summed E-state index contributed by atoms with van der Waals surface area (Å²) < 4.78 is 27.2. The molecule has 0 N–H and O–H groups in total. The standard InChI is InChI=1S/C12H16ClNO4S/c1-10(19(13,16)17)8-14(2)12(15)18-9-11-6-4-3-5-7-11/h3-7,10H,8-9H2,1-2H3. The van der Waals surface area contributed by atoms with Crippen LogP contribution < -0.4 is 0 Å². The van der Waals surface area contributed by atoms with Gasteiger partial charge in [-0.1, -0.05) is 30.3 Å². The lowest BCUT2D eigenvalue weighted by molar-refractivity contribution is 0.105. The Balaban J connectivity index is 2.45. The second-order valence-corrected chi connectivity index (χ2v) is 7.25. The molecule has 0 aliphatic rings. The lowest BCUT2D eigenvalue weighted by Crippen LogP contribution is -2.35. The molecule has 0 aromatic heterocycles. The summed E-state index contributed by atoms with van der Waals surface area (Å²) in [5.74, 6) is 0. The van der Waals surface area contributed by atoms with E-state index in [1.165, 1.54) is 18.9 Å². The van der Waals surface area contributed by atoms with E-state index >= 15 is 0 Å². The van der Waals surface area contributed by atoms with Gasteiger partial charge in [-0.2, -0.15) is 0 Å². The van der Waals surface area contributed by atoms with Crippen LogP contribution in [0.3, 0.4) is 0 Å². The van der Waals surface area contributed by atoms with E-state index in [4.69, 9.17) is 15.4 Å². The molecule has 1 amide bonds. The number of benzene rings is 1. The van der Waals surface area contributed by atoms with Crippen molar-refractivity contribution >= 4 is 25.8 Å². The van der Waals surface area contributed by atoms with Crippen LogP contribution in [0.15, 0.2) is 30.3 Å². The van der Waals surface area contributed by atoms with E-state index in [1.54, 1.807) is 0 Å². The van der Waals surface area contributed by atoms with Crippen molar-refractivity contribution in [3.63, 3.8) is 0 Å². The Hall–Kier alpha value is -1.27. The number of rotatable bonds is 5. The van der Waals surface area contributed by atoms with E-state index in [9.17, 15) is 13.2 Å². The van der Waals surface area contributed by atoms with Crippen molar-refractivity contribution in [2.24, 2.45) is 0 Å². The van der Waals surface area contributed by atoms with Crippen LogP contribution in [0.4, 0.5) is 4.79 Å². The van der Waals surface area contributed by atoms with E-state index in [2.05, 4.69) is 0 Å². The Bertz CT molecular complexity index is 518. The largest absolute Gasteiger partial charge is 0.445 e. The Kier molecular flexibility index (Phi) is 5.62. The van der Waals surface area contributed by atoms with Gasteiger partial charge in [0.25, 0.3) is 0 Å². The maximum Gasteiger partial charge on any atom is 0.409 e. The van der Waals surface area contributed by atoms with Gasteiger partial charge >= 0.3 is 6.09 Å². The lowest BCUT2D eigenvalue weighted by Gasteiger charge is -2.19. The molecular weight excluding hydrogens is 290 g/mol. The van der Waals surface area contributed by atoms with Gasteiger partial charge in [0.05, 0.1) is 5.25 Å². The summed E-state index contributed by atoms with van der Waals surface area (Å²) in [6, 6.07) is 9.22. The number of nitrogens with zero attached hydrogens (tertiary/aromatic N) is 1. The van der Waals surface area contributed by atoms with Crippen molar-refractivity contribution in [3.8, 4) is 0 Å². The Labute approximate surface area is 117 Å². The highest BCUT2D eigenvalue weighted by Crippen LogP contribution is 2.09. The van der Waals surface area contributed by atoms with Crippen LogP contribution >= 0.6 is 10.7 Å². The molecular formula is C12H16ClNO4S. The maximum atomic E-state index is 11.6. The third-order valence-corrected chi connectivity index (χ3v) is 4.55. The Morgan fingerprint density at radius 1 is 1.37 bits per heavy atom. The smallest absolute Gasteiger partial charge is 0.409 e. The SMILES string of the molecule is CC(CN(C)C(=O)OCc1ccccc1)S(=O)(=O)Cl. The minimum atomic E-state index is -3.68. The highest BCUT2D eigenvalue weighted by atomic mass is 35.7. The minimum Gasteiger partial charge on any atom is -0.445 e. The van der Waals surface area contributed by atoms with Crippen LogP contribution in [-0.4, -0.2) is 38.3 Å². The second kappa shape index (κ2) is 6.77. The molecule has 0 bridgehead atoms. The molecule has 1 unspecified atom stereocenters. The number of halogens is 1. The fourth-order valence-corrected chi connectivity index (χ4v) is 1.95. The van der Waals surface area contributed by atoms with E-state index in [0.717, 1.165) is 5.56 Å². The van der Waals surface area contributed by atoms with Crippen LogP contribution in [0, 0.1) is 0 Å². The number of hydrogen-bond acceptors (Lipinski definition) is 4. The number of carbonyl (C=O) groups is 1. The van der Waals surface area contributed by atoms with Gasteiger partial charge in [-0.15, -0.1) is 0 Å². The third-order valence-electron chi connectivity index (χ3n) is 2.53. The summed E-state index contributed by atoms with van der Waals surface area (Å²) in [7, 11) is 2.99. The first-order valence-electron chi connectivity index (χ1n) is 5.66. The molecule has 7 heteroatoms. The average molecular weight is 306 g/mol. The average Bonchev–Trinajstić information content (AvgIpc) is 2.35. The van der Waals surface area contributed by atoms with Crippen molar-refractivity contribution in [3.05, 3.63) is 35.9 Å². The fourth-order valence-electron chi connectivity index (χ4n) is 1.38. The number of carbonyl (C=O) groups excluding carboxylic acids is 1. The highest BCUT2D eigenvalue weighted by molar-refractivity contribution is 8.14. The van der Waals surface area contributed by atoms with Gasteiger partial charge < -0.3 is 9.64 Å². The summed E-state index contributed by atoms with van der Waals surface area (Å²) in [5, 5.41) is -0.844. The summed E-state index contributed by atoms with van der Waals surface area (Å²) in [6.07, 6.45) is -0.587. The van der Waals surface area contributed by atoms with E-state index < -0.39 is 20.4 Å². The zero-order valence-electron chi connectivity index (χ0n) is 10.7. The topological polar surface area (TPSA) is 63.7 Å². The highest BCUT2D eigenvalue weighted by Gasteiger charge is 2.22. The Morgan fingerprint density at radius 2 is 1.95 bits per heavy atom. The Morgan fingerprint density at radius 3 is 2.47 bits per heavy atom. The first-order valence-corrected chi connectivity index (χ1v) is 8.03. The molecule has 0 saturated heterocycles. The zero-order valence-corrected chi connectivity index (χ0v) is 12.3. The molecule has 1 aromatic carbocycles. The van der Waals surface area contributed by atoms with Crippen molar-refractivity contribution in [1.82, 2.24) is 4.90 Å². The fraction of sp³-hybridized carbons (Fsp3) is 0.417. The third kappa shape index (κ3) is 5.48. The molecule has 106 valence electrons. The van der Waals surface area contributed by atoms with Gasteiger partial charge in [0, 0.05) is 24.3 Å². The molecule has 0 heterocycles. The number of amides is 1. The quantitative estimate of drug-likeness (QED) is 0.782. The molecule has 5 nitrogen and oxygen atoms in total. The molecule has 1 atom stereocenters. The second-order valence-electron chi connectivity index (χ2n) is 4.21.